The van der Waals surface area contributed by atoms with Crippen LogP contribution in [-0.4, -0.2) is 58.3 Å². The zero-order valence-electron chi connectivity index (χ0n) is 14.0. The standard InChI is InChI=1S/C15H28N4OS.HI/c1-13-6-11-21-14(13)12-18-15(16-2)17-7-9-19(3)8-5-10-20-4;/h6,11H,5,7-10,12H2,1-4H3,(H2,16,17,18);1H. The van der Waals surface area contributed by atoms with E-state index in [0.29, 0.717) is 0 Å². The van der Waals surface area contributed by atoms with Crippen molar-refractivity contribution in [2.75, 3.05) is 47.4 Å². The molecule has 128 valence electrons. The number of nitrogens with zero attached hydrogens (tertiary/aromatic N) is 2. The van der Waals surface area contributed by atoms with E-state index in [0.717, 1.165) is 45.2 Å². The summed E-state index contributed by atoms with van der Waals surface area (Å²) >= 11 is 1.78. The molecule has 7 heteroatoms. The molecule has 0 saturated heterocycles. The summed E-state index contributed by atoms with van der Waals surface area (Å²) in [5, 5.41) is 8.82. The Morgan fingerprint density at radius 2 is 2.14 bits per heavy atom. The van der Waals surface area contributed by atoms with Gasteiger partial charge >= 0.3 is 0 Å². The predicted octanol–water partition coefficient (Wildman–Crippen LogP) is 2.31. The highest BCUT2D eigenvalue weighted by molar-refractivity contribution is 14.0. The summed E-state index contributed by atoms with van der Waals surface area (Å²) in [5.41, 5.74) is 1.33. The van der Waals surface area contributed by atoms with Gasteiger partial charge in [0.15, 0.2) is 5.96 Å². The number of rotatable bonds is 9. The maximum Gasteiger partial charge on any atom is 0.191 e. The lowest BCUT2D eigenvalue weighted by Gasteiger charge is -2.18. The normalized spacial score (nSPS) is 11.4. The molecule has 0 aliphatic rings. The van der Waals surface area contributed by atoms with Gasteiger partial charge in [0.1, 0.15) is 0 Å². The van der Waals surface area contributed by atoms with Gasteiger partial charge in [0.25, 0.3) is 0 Å². The van der Waals surface area contributed by atoms with Crippen molar-refractivity contribution in [1.82, 2.24) is 15.5 Å². The molecule has 1 rings (SSSR count). The second-order valence-electron chi connectivity index (χ2n) is 5.03. The third kappa shape index (κ3) is 8.92. The van der Waals surface area contributed by atoms with Gasteiger partial charge < -0.3 is 20.3 Å². The van der Waals surface area contributed by atoms with Crippen molar-refractivity contribution in [3.63, 3.8) is 0 Å². The summed E-state index contributed by atoms with van der Waals surface area (Å²) in [6.07, 6.45) is 1.07. The Bertz CT molecular complexity index is 425. The number of aryl methyl sites for hydroxylation is 1. The molecular formula is C15H29IN4OS. The maximum absolute atomic E-state index is 5.06. The molecule has 0 radical (unpaired) electrons. The number of hydrogen-bond donors (Lipinski definition) is 2. The van der Waals surface area contributed by atoms with Crippen LogP contribution in [0.25, 0.3) is 0 Å². The summed E-state index contributed by atoms with van der Waals surface area (Å²) in [5.74, 6) is 0.855. The third-order valence-corrected chi connectivity index (χ3v) is 4.31. The van der Waals surface area contributed by atoms with Gasteiger partial charge in [0, 0.05) is 45.3 Å². The zero-order valence-corrected chi connectivity index (χ0v) is 17.2. The molecule has 1 aromatic heterocycles. The van der Waals surface area contributed by atoms with Gasteiger partial charge in [-0.1, -0.05) is 0 Å². The summed E-state index contributed by atoms with van der Waals surface area (Å²) in [6, 6.07) is 2.15. The van der Waals surface area contributed by atoms with Gasteiger partial charge in [-0.2, -0.15) is 0 Å². The maximum atomic E-state index is 5.06. The molecule has 0 bridgehead atoms. The monoisotopic (exact) mass is 440 g/mol. The summed E-state index contributed by atoms with van der Waals surface area (Å²) in [4.78, 5) is 7.90. The lowest BCUT2D eigenvalue weighted by molar-refractivity contribution is 0.180. The van der Waals surface area contributed by atoms with Crippen LogP contribution in [0.3, 0.4) is 0 Å². The molecular weight excluding hydrogens is 411 g/mol. The van der Waals surface area contributed by atoms with E-state index in [2.05, 4.69) is 45.9 Å². The highest BCUT2D eigenvalue weighted by Crippen LogP contribution is 2.14. The van der Waals surface area contributed by atoms with E-state index in [1.54, 1.807) is 25.5 Å². The van der Waals surface area contributed by atoms with Crippen LogP contribution in [0.5, 0.6) is 0 Å². The van der Waals surface area contributed by atoms with E-state index < -0.39 is 0 Å². The molecule has 0 amide bonds. The number of methoxy groups -OCH3 is 1. The second kappa shape index (κ2) is 13.1. The minimum absolute atomic E-state index is 0. The van der Waals surface area contributed by atoms with Crippen LogP contribution in [0.15, 0.2) is 16.4 Å². The Balaban J connectivity index is 0.00000441. The van der Waals surface area contributed by atoms with Crippen LogP contribution in [0, 0.1) is 6.92 Å². The molecule has 1 heterocycles. The zero-order chi connectivity index (χ0) is 15.5. The average Bonchev–Trinajstić information content (AvgIpc) is 2.88. The Morgan fingerprint density at radius 1 is 1.36 bits per heavy atom. The first-order chi connectivity index (χ1) is 10.2. The molecule has 0 unspecified atom stereocenters. The number of guanidine groups is 1. The molecule has 0 aromatic carbocycles. The second-order valence-corrected chi connectivity index (χ2v) is 6.03. The predicted molar refractivity (Wildman–Crippen MR) is 107 cm³/mol. The first-order valence-electron chi connectivity index (χ1n) is 7.32. The third-order valence-electron chi connectivity index (χ3n) is 3.28. The molecule has 0 aliphatic heterocycles. The average molecular weight is 440 g/mol. The molecule has 2 N–H and O–H groups in total. The van der Waals surface area contributed by atoms with Crippen LogP contribution in [0.2, 0.25) is 0 Å². The summed E-state index contributed by atoms with van der Waals surface area (Å²) in [7, 11) is 5.67. The van der Waals surface area contributed by atoms with Crippen LogP contribution in [0.1, 0.15) is 16.9 Å². The quantitative estimate of drug-likeness (QED) is 0.268. The SMILES string of the molecule is CN=C(NCCN(C)CCCOC)NCc1sccc1C.I. The smallest absolute Gasteiger partial charge is 0.191 e. The number of ether oxygens (including phenoxy) is 1. The number of hydrogen-bond acceptors (Lipinski definition) is 4. The van der Waals surface area contributed by atoms with Crippen molar-refractivity contribution in [3.05, 3.63) is 21.9 Å². The number of thiophene rings is 1. The molecule has 1 aromatic rings. The molecule has 0 fully saturated rings. The summed E-state index contributed by atoms with van der Waals surface area (Å²) < 4.78 is 5.06. The summed E-state index contributed by atoms with van der Waals surface area (Å²) in [6.45, 7) is 6.71. The largest absolute Gasteiger partial charge is 0.385 e. The number of nitrogens with one attached hydrogen (secondary N) is 2. The first kappa shape index (κ1) is 21.6. The van der Waals surface area contributed by atoms with Crippen LogP contribution >= 0.6 is 35.3 Å². The lowest BCUT2D eigenvalue weighted by atomic mass is 10.3. The molecule has 0 saturated carbocycles. The number of halogens is 1. The van der Waals surface area contributed by atoms with E-state index in [1.807, 2.05) is 0 Å². The Labute approximate surface area is 155 Å². The minimum atomic E-state index is 0. The van der Waals surface area contributed by atoms with Gasteiger partial charge in [0.2, 0.25) is 0 Å². The van der Waals surface area contributed by atoms with E-state index in [9.17, 15) is 0 Å². The van der Waals surface area contributed by atoms with Crippen molar-refractivity contribution in [2.24, 2.45) is 4.99 Å². The van der Waals surface area contributed by atoms with Crippen molar-refractivity contribution in [3.8, 4) is 0 Å². The molecule has 5 nitrogen and oxygen atoms in total. The topological polar surface area (TPSA) is 48.9 Å². The van der Waals surface area contributed by atoms with Crippen molar-refractivity contribution in [1.29, 1.82) is 0 Å². The van der Waals surface area contributed by atoms with Crippen LogP contribution in [0.4, 0.5) is 0 Å². The fourth-order valence-corrected chi connectivity index (χ4v) is 2.77. The van der Waals surface area contributed by atoms with Gasteiger partial charge in [-0.15, -0.1) is 35.3 Å². The van der Waals surface area contributed by atoms with E-state index in [-0.39, 0.29) is 24.0 Å². The van der Waals surface area contributed by atoms with Gasteiger partial charge in [-0.25, -0.2) is 0 Å². The van der Waals surface area contributed by atoms with E-state index in [4.69, 9.17) is 4.74 Å². The Morgan fingerprint density at radius 3 is 2.73 bits per heavy atom. The molecule has 0 aliphatic carbocycles. The van der Waals surface area contributed by atoms with Crippen molar-refractivity contribution >= 4 is 41.3 Å². The number of aliphatic imine (C=N–C) groups is 1. The first-order valence-corrected chi connectivity index (χ1v) is 8.20. The van der Waals surface area contributed by atoms with Crippen LogP contribution in [-0.2, 0) is 11.3 Å². The highest BCUT2D eigenvalue weighted by Gasteiger charge is 2.03. The number of likely N-dealkylation sites (N-methyl/N-ethyl adjacent to an activating group) is 1. The molecule has 0 atom stereocenters. The minimum Gasteiger partial charge on any atom is -0.385 e. The Hall–Kier alpha value is -0.380. The van der Waals surface area contributed by atoms with Gasteiger partial charge in [-0.05, 0) is 37.4 Å². The highest BCUT2D eigenvalue weighted by atomic mass is 127. The fourth-order valence-electron chi connectivity index (χ4n) is 1.93. The Kier molecular flexibility index (Phi) is 12.9. The van der Waals surface area contributed by atoms with Crippen molar-refractivity contribution < 1.29 is 4.74 Å². The fraction of sp³-hybridized carbons (Fsp3) is 0.667. The van der Waals surface area contributed by atoms with Crippen LogP contribution < -0.4 is 10.6 Å². The van der Waals surface area contributed by atoms with Gasteiger partial charge in [-0.3, -0.25) is 4.99 Å². The van der Waals surface area contributed by atoms with E-state index >= 15 is 0 Å². The molecule has 0 spiro atoms. The van der Waals surface area contributed by atoms with Gasteiger partial charge in [0.05, 0.1) is 6.54 Å². The van der Waals surface area contributed by atoms with Crippen molar-refractivity contribution in [2.45, 2.75) is 19.9 Å². The lowest BCUT2D eigenvalue weighted by Crippen LogP contribution is -2.40. The molecule has 22 heavy (non-hydrogen) atoms. The van der Waals surface area contributed by atoms with E-state index in [1.165, 1.54) is 10.4 Å².